The first-order valence-corrected chi connectivity index (χ1v) is 11.6. The predicted octanol–water partition coefficient (Wildman–Crippen LogP) is 6.00. The van der Waals surface area contributed by atoms with Crippen molar-refractivity contribution in [2.45, 2.75) is 18.6 Å². The Morgan fingerprint density at radius 2 is 1.71 bits per heavy atom. The lowest BCUT2D eigenvalue weighted by atomic mass is 9.82. The Balaban J connectivity index is 1.49. The molecule has 3 aromatic rings. The van der Waals surface area contributed by atoms with E-state index in [0.29, 0.717) is 41.6 Å². The number of para-hydroxylation sites is 1. The van der Waals surface area contributed by atoms with Gasteiger partial charge in [-0.2, -0.15) is 13.2 Å². The molecule has 0 saturated carbocycles. The average Bonchev–Trinajstić information content (AvgIpc) is 2.84. The van der Waals surface area contributed by atoms with Gasteiger partial charge in [0.1, 0.15) is 5.82 Å². The molecule has 0 bridgehead atoms. The van der Waals surface area contributed by atoms with Gasteiger partial charge in [0.15, 0.2) is 0 Å². The van der Waals surface area contributed by atoms with Crippen LogP contribution in [0.3, 0.4) is 0 Å². The van der Waals surface area contributed by atoms with Gasteiger partial charge in [-0.05, 0) is 66.6 Å². The summed E-state index contributed by atoms with van der Waals surface area (Å²) in [6, 6.07) is 16.3. The first-order valence-electron chi connectivity index (χ1n) is 11.2. The van der Waals surface area contributed by atoms with E-state index in [1.807, 2.05) is 23.1 Å². The third-order valence-corrected chi connectivity index (χ3v) is 7.00. The lowest BCUT2D eigenvalue weighted by Gasteiger charge is -2.49. The molecule has 2 aliphatic heterocycles. The van der Waals surface area contributed by atoms with Crippen molar-refractivity contribution in [1.82, 2.24) is 0 Å². The Morgan fingerprint density at radius 3 is 2.43 bits per heavy atom. The van der Waals surface area contributed by atoms with Crippen molar-refractivity contribution in [2.24, 2.45) is 5.92 Å². The molecule has 0 aliphatic carbocycles. The van der Waals surface area contributed by atoms with Crippen LogP contribution < -0.4 is 15.1 Å². The summed E-state index contributed by atoms with van der Waals surface area (Å²) < 4.78 is 53.5. The lowest BCUT2D eigenvalue weighted by molar-refractivity contribution is -0.137. The van der Waals surface area contributed by atoms with Crippen LogP contribution in [0.1, 0.15) is 11.1 Å². The van der Waals surface area contributed by atoms with E-state index in [4.69, 9.17) is 11.6 Å². The third kappa shape index (κ3) is 4.67. The second-order valence-corrected chi connectivity index (χ2v) is 9.21. The van der Waals surface area contributed by atoms with Gasteiger partial charge in [-0.25, -0.2) is 4.39 Å². The number of hydrogen-bond acceptors (Lipinski definition) is 3. The van der Waals surface area contributed by atoms with Crippen LogP contribution in [0.4, 0.5) is 34.6 Å². The number of fused-ring (bicyclic) bond motifs is 3. The number of benzene rings is 3. The highest BCUT2D eigenvalue weighted by Gasteiger charge is 2.43. The van der Waals surface area contributed by atoms with Crippen LogP contribution in [0.2, 0.25) is 5.02 Å². The number of piperazine rings is 1. The van der Waals surface area contributed by atoms with Crippen molar-refractivity contribution in [3.8, 4) is 0 Å². The molecule has 1 saturated heterocycles. The van der Waals surface area contributed by atoms with Gasteiger partial charge in [0.25, 0.3) is 0 Å². The largest absolute Gasteiger partial charge is 0.416 e. The minimum absolute atomic E-state index is 0.157. The number of rotatable bonds is 3. The molecule has 182 valence electrons. The Hall–Kier alpha value is -3.26. The summed E-state index contributed by atoms with van der Waals surface area (Å²) in [5, 5.41) is 3.41. The highest BCUT2D eigenvalue weighted by Crippen LogP contribution is 2.41. The number of carbonyl (C=O) groups is 1. The molecule has 9 heteroatoms. The van der Waals surface area contributed by atoms with E-state index in [2.05, 4.69) is 10.2 Å². The number of amides is 1. The van der Waals surface area contributed by atoms with Crippen LogP contribution in [-0.4, -0.2) is 31.6 Å². The number of nitrogens with one attached hydrogen (secondary N) is 1. The topological polar surface area (TPSA) is 35.6 Å². The predicted molar refractivity (Wildman–Crippen MR) is 128 cm³/mol. The number of carbonyl (C=O) groups excluding carboxylic acids is 1. The fraction of sp³-hybridized carbons (Fsp3) is 0.269. The van der Waals surface area contributed by atoms with E-state index in [1.165, 1.54) is 30.3 Å². The molecule has 2 aliphatic rings. The molecule has 4 nitrogen and oxygen atoms in total. The fourth-order valence-electron chi connectivity index (χ4n) is 4.99. The van der Waals surface area contributed by atoms with Crippen molar-refractivity contribution < 1.29 is 22.4 Å². The van der Waals surface area contributed by atoms with Crippen molar-refractivity contribution in [2.75, 3.05) is 34.8 Å². The Bertz CT molecular complexity index is 1250. The summed E-state index contributed by atoms with van der Waals surface area (Å²) in [6.07, 6.45) is -4.32. The first-order chi connectivity index (χ1) is 16.7. The first kappa shape index (κ1) is 23.5. The van der Waals surface area contributed by atoms with Crippen LogP contribution in [0.15, 0.2) is 66.7 Å². The summed E-state index contributed by atoms with van der Waals surface area (Å²) >= 11 is 6.42. The molecule has 0 aromatic heterocycles. The fourth-order valence-corrected chi connectivity index (χ4v) is 5.25. The zero-order valence-corrected chi connectivity index (χ0v) is 19.3. The number of anilines is 3. The summed E-state index contributed by atoms with van der Waals surface area (Å²) in [5.74, 6) is -1.37. The molecule has 2 heterocycles. The summed E-state index contributed by atoms with van der Waals surface area (Å²) in [4.78, 5) is 17.5. The zero-order chi connectivity index (χ0) is 24.7. The summed E-state index contributed by atoms with van der Waals surface area (Å²) in [7, 11) is 0. The smallest absolute Gasteiger partial charge is 0.366 e. The standard InChI is InChI=1S/C26H22ClF4N3O/c27-21-3-1-2-4-23(21)33-11-12-34-22-10-5-17(26(29,30)31)13-16(22)14-20(24(34)15-33)25(35)32-19-8-6-18(28)7-9-19/h1-10,13,20,24H,11-12,14-15H2,(H,32,35). The van der Waals surface area contributed by atoms with Crippen molar-refractivity contribution >= 4 is 34.6 Å². The van der Waals surface area contributed by atoms with E-state index in [-0.39, 0.29) is 18.4 Å². The molecule has 0 radical (unpaired) electrons. The highest BCUT2D eigenvalue weighted by molar-refractivity contribution is 6.33. The van der Waals surface area contributed by atoms with Crippen LogP contribution in [0.25, 0.3) is 0 Å². The van der Waals surface area contributed by atoms with Crippen molar-refractivity contribution in [3.63, 3.8) is 0 Å². The molecule has 35 heavy (non-hydrogen) atoms. The van der Waals surface area contributed by atoms with Crippen LogP contribution in [0, 0.1) is 11.7 Å². The molecule has 5 rings (SSSR count). The molecular formula is C26H22ClF4N3O. The average molecular weight is 504 g/mol. The van der Waals surface area contributed by atoms with Gasteiger partial charge in [-0.15, -0.1) is 0 Å². The zero-order valence-electron chi connectivity index (χ0n) is 18.5. The van der Waals surface area contributed by atoms with Crippen molar-refractivity contribution in [1.29, 1.82) is 0 Å². The number of halogens is 5. The second kappa shape index (κ2) is 9.07. The van der Waals surface area contributed by atoms with Gasteiger partial charge in [0.05, 0.1) is 28.2 Å². The van der Waals surface area contributed by atoms with Crippen LogP contribution >= 0.6 is 11.6 Å². The Morgan fingerprint density at radius 1 is 0.971 bits per heavy atom. The number of alkyl halides is 3. The minimum Gasteiger partial charge on any atom is -0.366 e. The maximum Gasteiger partial charge on any atom is 0.416 e. The second-order valence-electron chi connectivity index (χ2n) is 8.81. The Kier molecular flexibility index (Phi) is 6.09. The van der Waals surface area contributed by atoms with Gasteiger partial charge in [-0.3, -0.25) is 4.79 Å². The van der Waals surface area contributed by atoms with Crippen LogP contribution in [0.5, 0.6) is 0 Å². The number of hydrogen-bond donors (Lipinski definition) is 1. The van der Waals surface area contributed by atoms with Crippen LogP contribution in [-0.2, 0) is 17.4 Å². The maximum absolute atomic E-state index is 13.4. The SMILES string of the molecule is O=C(Nc1ccc(F)cc1)C1Cc2cc(C(F)(F)F)ccc2N2CCN(c3ccccc3Cl)CC12. The molecule has 0 spiro atoms. The monoisotopic (exact) mass is 503 g/mol. The minimum atomic E-state index is -4.47. The molecule has 1 fully saturated rings. The lowest BCUT2D eigenvalue weighted by Crippen LogP contribution is -2.60. The highest BCUT2D eigenvalue weighted by atomic mass is 35.5. The quantitative estimate of drug-likeness (QED) is 0.445. The van der Waals surface area contributed by atoms with E-state index < -0.39 is 23.5 Å². The third-order valence-electron chi connectivity index (χ3n) is 6.68. The van der Waals surface area contributed by atoms with Gasteiger partial charge < -0.3 is 15.1 Å². The van der Waals surface area contributed by atoms with Gasteiger partial charge >= 0.3 is 6.18 Å². The molecule has 3 aromatic carbocycles. The molecule has 1 N–H and O–H groups in total. The van der Waals surface area contributed by atoms with E-state index >= 15 is 0 Å². The Labute approximate surface area is 205 Å². The molecule has 2 unspecified atom stereocenters. The maximum atomic E-state index is 13.4. The summed E-state index contributed by atoms with van der Waals surface area (Å²) in [5.41, 5.74) is 1.75. The number of nitrogens with zero attached hydrogens (tertiary/aromatic N) is 2. The molecule has 2 atom stereocenters. The van der Waals surface area contributed by atoms with Gasteiger partial charge in [-0.1, -0.05) is 23.7 Å². The van der Waals surface area contributed by atoms with E-state index in [1.54, 1.807) is 6.07 Å². The molecule has 1 amide bonds. The van der Waals surface area contributed by atoms with Gasteiger partial charge in [0, 0.05) is 31.0 Å². The van der Waals surface area contributed by atoms with E-state index in [0.717, 1.165) is 17.8 Å². The van der Waals surface area contributed by atoms with E-state index in [9.17, 15) is 22.4 Å². The van der Waals surface area contributed by atoms with Gasteiger partial charge in [0.2, 0.25) is 5.91 Å². The summed E-state index contributed by atoms with van der Waals surface area (Å²) in [6.45, 7) is 1.60. The van der Waals surface area contributed by atoms with Crippen molar-refractivity contribution in [3.05, 3.63) is 88.7 Å². The molecular weight excluding hydrogens is 482 g/mol. The normalized spacial score (nSPS) is 19.7.